The first-order valence-electron chi connectivity index (χ1n) is 10.5. The lowest BCUT2D eigenvalue weighted by Crippen LogP contribution is -2.39. The number of pyridine rings is 1. The van der Waals surface area contributed by atoms with Crippen LogP contribution in [0, 0.1) is 0 Å². The lowest BCUT2D eigenvalue weighted by molar-refractivity contribution is 0.710. The number of anilines is 2. The number of nitrogens with two attached hydrogens (primary N) is 1. The molecule has 2 aromatic carbocycles. The average Bonchev–Trinajstić information content (AvgIpc) is 2.82. The molecular formula is C25H25N5O2. The van der Waals surface area contributed by atoms with Gasteiger partial charge in [-0.25, -0.2) is 4.79 Å². The maximum Gasteiger partial charge on any atom is 0.330 e. The van der Waals surface area contributed by atoms with Gasteiger partial charge in [0.25, 0.3) is 5.56 Å². The molecule has 2 aromatic heterocycles. The molecule has 3 N–H and O–H groups in total. The topological polar surface area (TPSA) is 97.0 Å². The van der Waals surface area contributed by atoms with Crippen molar-refractivity contribution in [2.45, 2.75) is 19.5 Å². The average molecular weight is 428 g/mol. The summed E-state index contributed by atoms with van der Waals surface area (Å²) < 4.78 is 1.41. The Kier molecular flexibility index (Phi) is 6.46. The van der Waals surface area contributed by atoms with E-state index in [1.54, 1.807) is 12.4 Å². The monoisotopic (exact) mass is 427 g/mol. The third kappa shape index (κ3) is 4.95. The third-order valence-electron chi connectivity index (χ3n) is 5.35. The number of nitrogen functional groups attached to an aromatic ring is 1. The molecule has 0 unspecified atom stereocenters. The van der Waals surface area contributed by atoms with Gasteiger partial charge in [0, 0.05) is 25.5 Å². The van der Waals surface area contributed by atoms with Crippen molar-refractivity contribution in [1.82, 2.24) is 14.5 Å². The van der Waals surface area contributed by atoms with Gasteiger partial charge in [-0.1, -0.05) is 60.7 Å². The first-order chi connectivity index (χ1) is 15.6. The molecule has 0 radical (unpaired) electrons. The molecule has 0 spiro atoms. The highest BCUT2D eigenvalue weighted by atomic mass is 16.2. The number of nitrogens with zero attached hydrogens (tertiary/aromatic N) is 3. The summed E-state index contributed by atoms with van der Waals surface area (Å²) in [4.78, 5) is 33.9. The Balaban J connectivity index is 1.72. The van der Waals surface area contributed by atoms with Crippen molar-refractivity contribution in [2.75, 3.05) is 17.2 Å². The number of aromatic amines is 1. The van der Waals surface area contributed by atoms with Gasteiger partial charge < -0.3 is 10.6 Å². The van der Waals surface area contributed by atoms with Crippen molar-refractivity contribution < 1.29 is 0 Å². The molecule has 0 amide bonds. The van der Waals surface area contributed by atoms with Crippen LogP contribution in [0.25, 0.3) is 0 Å². The molecule has 4 rings (SSSR count). The van der Waals surface area contributed by atoms with Crippen LogP contribution in [0.3, 0.4) is 0 Å². The third-order valence-corrected chi connectivity index (χ3v) is 5.35. The molecule has 0 bridgehead atoms. The summed E-state index contributed by atoms with van der Waals surface area (Å²) >= 11 is 0. The normalized spacial score (nSPS) is 10.8. The molecule has 0 aliphatic carbocycles. The zero-order valence-corrected chi connectivity index (χ0v) is 17.6. The maximum atomic E-state index is 12.9. The zero-order valence-electron chi connectivity index (χ0n) is 17.6. The Morgan fingerprint density at radius 1 is 0.844 bits per heavy atom. The minimum atomic E-state index is -0.520. The quantitative estimate of drug-likeness (QED) is 0.451. The van der Waals surface area contributed by atoms with Crippen LogP contribution in [0.5, 0.6) is 0 Å². The van der Waals surface area contributed by atoms with E-state index in [0.29, 0.717) is 25.2 Å². The zero-order chi connectivity index (χ0) is 22.3. The fourth-order valence-corrected chi connectivity index (χ4v) is 3.69. The number of nitrogens with one attached hydrogen (secondary N) is 1. The largest absolute Gasteiger partial charge is 0.383 e. The number of H-pyrrole nitrogens is 1. The van der Waals surface area contributed by atoms with E-state index in [4.69, 9.17) is 5.73 Å². The van der Waals surface area contributed by atoms with E-state index in [1.807, 2.05) is 77.7 Å². The predicted octanol–water partition coefficient (Wildman–Crippen LogP) is 2.81. The molecule has 0 saturated heterocycles. The predicted molar refractivity (Wildman–Crippen MR) is 127 cm³/mol. The van der Waals surface area contributed by atoms with E-state index < -0.39 is 11.2 Å². The number of benzene rings is 2. The molecule has 0 atom stereocenters. The Morgan fingerprint density at radius 2 is 1.47 bits per heavy atom. The van der Waals surface area contributed by atoms with Crippen molar-refractivity contribution in [2.24, 2.45) is 0 Å². The van der Waals surface area contributed by atoms with Crippen molar-refractivity contribution in [3.63, 3.8) is 0 Å². The molecule has 4 aromatic rings. The molecule has 162 valence electrons. The summed E-state index contributed by atoms with van der Waals surface area (Å²) in [6, 6.07) is 23.3. The molecule has 0 fully saturated rings. The van der Waals surface area contributed by atoms with Gasteiger partial charge in [0.1, 0.15) is 11.5 Å². The molecule has 0 saturated carbocycles. The highest BCUT2D eigenvalue weighted by Crippen LogP contribution is 2.21. The van der Waals surface area contributed by atoms with Crippen molar-refractivity contribution in [3.8, 4) is 0 Å². The first-order valence-corrected chi connectivity index (χ1v) is 10.5. The van der Waals surface area contributed by atoms with Gasteiger partial charge in [0.2, 0.25) is 0 Å². The summed E-state index contributed by atoms with van der Waals surface area (Å²) in [5, 5.41) is 0. The summed E-state index contributed by atoms with van der Waals surface area (Å²) in [5.41, 5.74) is 8.82. The molecular weight excluding hydrogens is 402 g/mol. The Bertz CT molecular complexity index is 1270. The van der Waals surface area contributed by atoms with Crippen LogP contribution >= 0.6 is 0 Å². The summed E-state index contributed by atoms with van der Waals surface area (Å²) in [5.74, 6) is 0.160. The van der Waals surface area contributed by atoms with E-state index in [-0.39, 0.29) is 12.4 Å². The maximum absolute atomic E-state index is 12.9. The first kappa shape index (κ1) is 21.1. The highest BCUT2D eigenvalue weighted by molar-refractivity contribution is 5.63. The highest BCUT2D eigenvalue weighted by Gasteiger charge is 2.19. The van der Waals surface area contributed by atoms with Gasteiger partial charge in [-0.05, 0) is 35.2 Å². The lowest BCUT2D eigenvalue weighted by atomic mass is 10.1. The second-order valence-electron chi connectivity index (χ2n) is 7.58. The van der Waals surface area contributed by atoms with Crippen molar-refractivity contribution in [3.05, 3.63) is 123 Å². The van der Waals surface area contributed by atoms with Crippen LogP contribution in [0.4, 0.5) is 11.5 Å². The Hall–Kier alpha value is -4.13. The minimum Gasteiger partial charge on any atom is -0.383 e. The molecule has 7 nitrogen and oxygen atoms in total. The molecule has 0 aliphatic heterocycles. The second kappa shape index (κ2) is 9.78. The number of hydrogen-bond acceptors (Lipinski definition) is 5. The lowest BCUT2D eigenvalue weighted by Gasteiger charge is -2.26. The van der Waals surface area contributed by atoms with Crippen LogP contribution in [0.15, 0.2) is 94.8 Å². The summed E-state index contributed by atoms with van der Waals surface area (Å²) in [7, 11) is 0. The molecule has 7 heteroatoms. The van der Waals surface area contributed by atoms with Gasteiger partial charge in [0.15, 0.2) is 0 Å². The number of rotatable bonds is 8. The number of aromatic nitrogens is 3. The van der Waals surface area contributed by atoms with Crippen LogP contribution in [0.2, 0.25) is 0 Å². The second-order valence-corrected chi connectivity index (χ2v) is 7.58. The van der Waals surface area contributed by atoms with Gasteiger partial charge in [-0.15, -0.1) is 0 Å². The van der Waals surface area contributed by atoms with Crippen LogP contribution < -0.4 is 21.9 Å². The molecule has 2 heterocycles. The van der Waals surface area contributed by atoms with Crippen LogP contribution in [-0.4, -0.2) is 21.1 Å². The Morgan fingerprint density at radius 3 is 2.12 bits per heavy atom. The van der Waals surface area contributed by atoms with E-state index in [0.717, 1.165) is 16.7 Å². The van der Waals surface area contributed by atoms with E-state index >= 15 is 0 Å². The minimum absolute atomic E-state index is 0.160. The summed E-state index contributed by atoms with van der Waals surface area (Å²) in [6.45, 7) is 1.32. The van der Waals surface area contributed by atoms with E-state index in [2.05, 4.69) is 9.97 Å². The summed E-state index contributed by atoms with van der Waals surface area (Å²) in [6.07, 6.45) is 4.20. The molecule has 32 heavy (non-hydrogen) atoms. The standard InChI is InChI=1S/C25H25N5O2/c26-23-22(24(31)28-25(32)30(23)18-21-9-5-2-6-10-21)29(17-20-7-3-1-4-8-20)16-13-19-11-14-27-15-12-19/h1-12,14-15H,13,16-18,26H2,(H,28,31,32). The fourth-order valence-electron chi connectivity index (χ4n) is 3.69. The fraction of sp³-hybridized carbons (Fsp3) is 0.160. The van der Waals surface area contributed by atoms with E-state index in [1.165, 1.54) is 4.57 Å². The van der Waals surface area contributed by atoms with Gasteiger partial charge in [0.05, 0.1) is 6.54 Å². The van der Waals surface area contributed by atoms with E-state index in [9.17, 15) is 9.59 Å². The van der Waals surface area contributed by atoms with Crippen LogP contribution in [0.1, 0.15) is 16.7 Å². The smallest absolute Gasteiger partial charge is 0.330 e. The molecule has 0 aliphatic rings. The number of hydrogen-bond donors (Lipinski definition) is 2. The SMILES string of the molecule is Nc1c(N(CCc2ccncc2)Cc2ccccc2)c(=O)[nH]c(=O)n1Cc1ccccc1. The Labute approximate surface area is 185 Å². The van der Waals surface area contributed by atoms with Crippen molar-refractivity contribution in [1.29, 1.82) is 0 Å². The van der Waals surface area contributed by atoms with Gasteiger partial charge in [-0.3, -0.25) is 19.3 Å². The van der Waals surface area contributed by atoms with Crippen LogP contribution in [-0.2, 0) is 19.5 Å². The van der Waals surface area contributed by atoms with Gasteiger partial charge in [-0.2, -0.15) is 0 Å². The van der Waals surface area contributed by atoms with Crippen molar-refractivity contribution >= 4 is 11.5 Å². The van der Waals surface area contributed by atoms with Gasteiger partial charge >= 0.3 is 5.69 Å².